The Hall–Kier alpha value is -2.20. The maximum Gasteiger partial charge on any atom is 0.197 e. The van der Waals surface area contributed by atoms with Gasteiger partial charge < -0.3 is 10.3 Å². The minimum atomic E-state index is 0.522. The molecule has 4 aromatic rings. The summed E-state index contributed by atoms with van der Waals surface area (Å²) in [6.45, 7) is 3.33. The Morgan fingerprint density at radius 2 is 1.82 bits per heavy atom. The minimum absolute atomic E-state index is 0.522. The van der Waals surface area contributed by atoms with Gasteiger partial charge in [0.1, 0.15) is 10.9 Å². The molecule has 0 atom stereocenters. The average molecular weight is 435 g/mol. The Labute approximate surface area is 175 Å². The zero-order valence-corrected chi connectivity index (χ0v) is 17.2. The lowest BCUT2D eigenvalue weighted by molar-refractivity contribution is 0.639. The highest BCUT2D eigenvalue weighted by Crippen LogP contribution is 2.28. The summed E-state index contributed by atoms with van der Waals surface area (Å²) in [7, 11) is 0. The molecule has 2 N–H and O–H groups in total. The van der Waals surface area contributed by atoms with Gasteiger partial charge in [0.15, 0.2) is 16.6 Å². The number of hydrogen-bond acceptors (Lipinski definition) is 7. The van der Waals surface area contributed by atoms with Crippen LogP contribution < -0.4 is 5.73 Å². The van der Waals surface area contributed by atoms with Crippen molar-refractivity contribution in [3.8, 4) is 11.4 Å². The van der Waals surface area contributed by atoms with Crippen LogP contribution in [-0.2, 0) is 13.0 Å². The maximum atomic E-state index is 6.12. The van der Waals surface area contributed by atoms with E-state index in [1.165, 1.54) is 11.8 Å². The van der Waals surface area contributed by atoms with Crippen LogP contribution >= 0.6 is 35.0 Å². The summed E-state index contributed by atoms with van der Waals surface area (Å²) in [6, 6.07) is 8.95. The Balaban J connectivity index is 1.72. The van der Waals surface area contributed by atoms with Crippen molar-refractivity contribution in [2.24, 2.45) is 5.73 Å². The molecule has 0 radical (unpaired) electrons. The number of halogens is 2. The van der Waals surface area contributed by atoms with Crippen molar-refractivity contribution in [2.75, 3.05) is 6.54 Å². The van der Waals surface area contributed by atoms with Gasteiger partial charge >= 0.3 is 0 Å². The fourth-order valence-corrected chi connectivity index (χ4v) is 4.21. The summed E-state index contributed by atoms with van der Waals surface area (Å²) in [6.07, 6.45) is 0.680. The van der Waals surface area contributed by atoms with Gasteiger partial charge in [0.05, 0.1) is 0 Å². The first-order valence-electron chi connectivity index (χ1n) is 8.58. The number of rotatable bonds is 6. The van der Waals surface area contributed by atoms with Crippen molar-refractivity contribution in [1.29, 1.82) is 0 Å². The number of fused-ring (bicyclic) bond motifs is 1. The van der Waals surface area contributed by atoms with E-state index >= 15 is 0 Å². The lowest BCUT2D eigenvalue weighted by Gasteiger charge is -2.06. The van der Waals surface area contributed by atoms with Crippen LogP contribution in [0.15, 0.2) is 40.5 Å². The summed E-state index contributed by atoms with van der Waals surface area (Å²) in [5.41, 5.74) is 7.01. The Morgan fingerprint density at radius 3 is 2.54 bits per heavy atom. The molecule has 0 aliphatic rings. The molecule has 3 aromatic heterocycles. The van der Waals surface area contributed by atoms with E-state index in [1.807, 2.05) is 23.6 Å². The van der Waals surface area contributed by atoms with E-state index in [0.29, 0.717) is 34.5 Å². The third-order valence-corrected chi connectivity index (χ3v) is 5.38. The van der Waals surface area contributed by atoms with Crippen LogP contribution in [0.4, 0.5) is 0 Å². The fraction of sp³-hybridized carbons (Fsp3) is 0.235. The molecular weight excluding hydrogens is 419 g/mol. The van der Waals surface area contributed by atoms with Gasteiger partial charge in [-0.25, -0.2) is 0 Å². The molecule has 0 unspecified atom stereocenters. The van der Waals surface area contributed by atoms with Gasteiger partial charge in [-0.1, -0.05) is 23.2 Å². The van der Waals surface area contributed by atoms with E-state index in [2.05, 4.69) is 25.5 Å². The number of aromatic nitrogens is 7. The van der Waals surface area contributed by atoms with Crippen LogP contribution in [0, 0.1) is 0 Å². The monoisotopic (exact) mass is 434 g/mol. The van der Waals surface area contributed by atoms with E-state index < -0.39 is 0 Å². The van der Waals surface area contributed by atoms with Crippen LogP contribution in [0.5, 0.6) is 0 Å². The quantitative estimate of drug-likeness (QED) is 0.496. The lowest BCUT2D eigenvalue weighted by atomic mass is 10.2. The van der Waals surface area contributed by atoms with Crippen LogP contribution in [0.3, 0.4) is 0 Å². The Bertz CT molecular complexity index is 1120. The summed E-state index contributed by atoms with van der Waals surface area (Å²) in [5.74, 6) is 1.43. The highest BCUT2D eigenvalue weighted by molar-refractivity contribution is 7.99. The van der Waals surface area contributed by atoms with E-state index in [9.17, 15) is 0 Å². The van der Waals surface area contributed by atoms with E-state index in [4.69, 9.17) is 28.9 Å². The molecule has 8 nitrogen and oxygen atoms in total. The lowest BCUT2D eigenvalue weighted by Crippen LogP contribution is -2.10. The van der Waals surface area contributed by atoms with Gasteiger partial charge in [-0.05, 0) is 55.6 Å². The fourth-order valence-electron chi connectivity index (χ4n) is 2.81. The number of hydrogen-bond donors (Lipinski definition) is 1. The second-order valence-electron chi connectivity index (χ2n) is 5.91. The first-order chi connectivity index (χ1) is 13.6. The standard InChI is InChI=1S/C17H16Cl2N8S/c1-2-26-13(5-6-20)21-24-17(26)28-15-4-3-14-22-23-16(27(14)25-15)10-7-11(18)9-12(19)8-10/h3-4,7-9H,2,5-6,20H2,1H3. The minimum Gasteiger partial charge on any atom is -0.330 e. The molecule has 0 aliphatic heterocycles. The molecule has 11 heteroatoms. The molecule has 0 fully saturated rings. The molecule has 1 aromatic carbocycles. The first-order valence-corrected chi connectivity index (χ1v) is 10.1. The molecule has 0 saturated carbocycles. The molecule has 0 aliphatic carbocycles. The van der Waals surface area contributed by atoms with E-state index in [0.717, 1.165) is 28.1 Å². The zero-order valence-electron chi connectivity index (χ0n) is 14.9. The third kappa shape index (κ3) is 3.70. The van der Waals surface area contributed by atoms with Gasteiger partial charge in [-0.15, -0.1) is 20.4 Å². The predicted molar refractivity (Wildman–Crippen MR) is 109 cm³/mol. The normalized spacial score (nSPS) is 11.4. The van der Waals surface area contributed by atoms with Gasteiger partial charge in [0, 0.05) is 28.6 Å². The number of nitrogens with zero attached hydrogens (tertiary/aromatic N) is 7. The van der Waals surface area contributed by atoms with E-state index in [1.54, 1.807) is 22.7 Å². The molecule has 28 heavy (non-hydrogen) atoms. The SMILES string of the molecule is CCn1c(CCN)nnc1Sc1ccc2nnc(-c3cc(Cl)cc(Cl)c3)n2n1. The summed E-state index contributed by atoms with van der Waals surface area (Å²) < 4.78 is 3.70. The Morgan fingerprint density at radius 1 is 1.04 bits per heavy atom. The second kappa shape index (κ2) is 8.04. The van der Waals surface area contributed by atoms with Crippen molar-refractivity contribution < 1.29 is 0 Å². The van der Waals surface area contributed by atoms with Crippen molar-refractivity contribution in [1.82, 2.24) is 34.6 Å². The highest BCUT2D eigenvalue weighted by Gasteiger charge is 2.15. The maximum absolute atomic E-state index is 6.12. The molecule has 4 rings (SSSR count). The zero-order chi connectivity index (χ0) is 19.7. The molecular formula is C17H16Cl2N8S. The average Bonchev–Trinajstić information content (AvgIpc) is 3.25. The number of benzene rings is 1. The summed E-state index contributed by atoms with van der Waals surface area (Å²) in [4.78, 5) is 0. The van der Waals surface area contributed by atoms with Crippen LogP contribution in [0.25, 0.3) is 17.0 Å². The van der Waals surface area contributed by atoms with Gasteiger partial charge in [0.25, 0.3) is 0 Å². The first kappa shape index (κ1) is 19.1. The van der Waals surface area contributed by atoms with E-state index in [-0.39, 0.29) is 0 Å². The number of nitrogens with two attached hydrogens (primary N) is 1. The van der Waals surface area contributed by atoms with Crippen LogP contribution in [-0.4, -0.2) is 41.1 Å². The highest BCUT2D eigenvalue weighted by atomic mass is 35.5. The Kier molecular flexibility index (Phi) is 5.49. The van der Waals surface area contributed by atoms with Crippen LogP contribution in [0.2, 0.25) is 10.0 Å². The topological polar surface area (TPSA) is 99.8 Å². The van der Waals surface area contributed by atoms with Gasteiger partial charge in [-0.3, -0.25) is 0 Å². The van der Waals surface area contributed by atoms with Crippen molar-refractivity contribution in [2.45, 2.75) is 30.1 Å². The van der Waals surface area contributed by atoms with Gasteiger partial charge in [-0.2, -0.15) is 9.61 Å². The smallest absolute Gasteiger partial charge is 0.197 e. The molecule has 144 valence electrons. The van der Waals surface area contributed by atoms with Crippen LogP contribution in [0.1, 0.15) is 12.7 Å². The molecule has 3 heterocycles. The predicted octanol–water partition coefficient (Wildman–Crippen LogP) is 3.36. The van der Waals surface area contributed by atoms with Crippen molar-refractivity contribution >= 4 is 40.6 Å². The van der Waals surface area contributed by atoms with Crippen molar-refractivity contribution in [3.05, 3.63) is 46.2 Å². The molecule has 0 saturated heterocycles. The summed E-state index contributed by atoms with van der Waals surface area (Å²) >= 11 is 13.7. The van der Waals surface area contributed by atoms with Gasteiger partial charge in [0.2, 0.25) is 0 Å². The van der Waals surface area contributed by atoms with Crippen molar-refractivity contribution in [3.63, 3.8) is 0 Å². The molecule has 0 bridgehead atoms. The summed E-state index contributed by atoms with van der Waals surface area (Å²) in [5, 5.41) is 24.1. The molecule has 0 spiro atoms. The largest absolute Gasteiger partial charge is 0.330 e. The third-order valence-electron chi connectivity index (χ3n) is 4.03. The molecule has 0 amide bonds. The second-order valence-corrected chi connectivity index (χ2v) is 7.77.